The van der Waals surface area contributed by atoms with E-state index in [1.54, 1.807) is 28.7 Å². The van der Waals surface area contributed by atoms with Crippen LogP contribution >= 0.6 is 67.8 Å². The molecule has 2 N–H and O–H groups in total. The van der Waals surface area contributed by atoms with Gasteiger partial charge in [0, 0.05) is 3.57 Å². The lowest BCUT2D eigenvalue weighted by atomic mass is 10.3. The summed E-state index contributed by atoms with van der Waals surface area (Å²) in [4.78, 5) is -0.160. The minimum absolute atomic E-state index is 0.0670. The van der Waals surface area contributed by atoms with Gasteiger partial charge in [-0.2, -0.15) is 8.42 Å². The van der Waals surface area contributed by atoms with Crippen LogP contribution in [0.1, 0.15) is 0 Å². The van der Waals surface area contributed by atoms with Crippen LogP contribution in [0.15, 0.2) is 11.0 Å². The Morgan fingerprint density at radius 1 is 1.24 bits per heavy atom. The molecule has 0 aliphatic rings. The Morgan fingerprint density at radius 3 is 2.29 bits per heavy atom. The number of aliphatic hydroxyl groups is 1. The van der Waals surface area contributed by atoms with Crippen LogP contribution in [-0.4, -0.2) is 31.3 Å². The Morgan fingerprint density at radius 2 is 1.82 bits per heavy atom. The lowest BCUT2D eigenvalue weighted by molar-refractivity contribution is 0.199. The van der Waals surface area contributed by atoms with Crippen molar-refractivity contribution in [3.05, 3.63) is 16.8 Å². The van der Waals surface area contributed by atoms with E-state index in [2.05, 4.69) is 0 Å². The van der Waals surface area contributed by atoms with Gasteiger partial charge in [0.25, 0.3) is 10.1 Å². The van der Waals surface area contributed by atoms with E-state index in [9.17, 15) is 8.42 Å². The van der Waals surface area contributed by atoms with Crippen molar-refractivity contribution in [2.45, 2.75) is 4.90 Å². The quantitative estimate of drug-likeness (QED) is 0.412. The first-order valence-electron chi connectivity index (χ1n) is 4.17. The zero-order valence-corrected chi connectivity index (χ0v) is 15.4. The van der Waals surface area contributed by atoms with Crippen LogP contribution in [0.5, 0.6) is 5.75 Å². The minimum Gasteiger partial charge on any atom is -0.489 e. The molecule has 0 saturated heterocycles. The van der Waals surface area contributed by atoms with Crippen molar-refractivity contribution in [2.75, 3.05) is 13.2 Å². The molecule has 0 amide bonds. The molecule has 0 radical (unpaired) electrons. The molecule has 1 rings (SSSR count). The summed E-state index contributed by atoms with van der Waals surface area (Å²) in [6.07, 6.45) is 0. The van der Waals surface area contributed by atoms with E-state index in [1.807, 2.05) is 45.2 Å². The average molecular weight is 596 g/mol. The standard InChI is InChI=1S/C8H7I3O5S/c9-4-3-5(10)8(17(13,14)15)6(11)7(4)16-2-1-12/h3,12H,1-2H2,(H,13,14,15). The first kappa shape index (κ1) is 16.1. The summed E-state index contributed by atoms with van der Waals surface area (Å²) < 4.78 is 38.4. The number of benzene rings is 1. The molecule has 96 valence electrons. The molecule has 1 aromatic carbocycles. The maximum absolute atomic E-state index is 11.3. The Labute approximate surface area is 139 Å². The van der Waals surface area contributed by atoms with E-state index < -0.39 is 10.1 Å². The van der Waals surface area contributed by atoms with Crippen LogP contribution in [0.4, 0.5) is 0 Å². The fourth-order valence-electron chi connectivity index (χ4n) is 1.07. The summed E-state index contributed by atoms with van der Waals surface area (Å²) in [5.74, 6) is 0.355. The monoisotopic (exact) mass is 596 g/mol. The molecule has 0 saturated carbocycles. The normalized spacial score (nSPS) is 11.6. The van der Waals surface area contributed by atoms with Gasteiger partial charge in [0.2, 0.25) is 0 Å². The summed E-state index contributed by atoms with van der Waals surface area (Å²) in [7, 11) is -4.29. The van der Waals surface area contributed by atoms with Crippen molar-refractivity contribution >= 4 is 77.9 Å². The van der Waals surface area contributed by atoms with Crippen LogP contribution in [0.25, 0.3) is 0 Å². The third-order valence-electron chi connectivity index (χ3n) is 1.68. The van der Waals surface area contributed by atoms with Gasteiger partial charge in [-0.1, -0.05) is 0 Å². The van der Waals surface area contributed by atoms with Gasteiger partial charge >= 0.3 is 0 Å². The fraction of sp³-hybridized carbons (Fsp3) is 0.250. The van der Waals surface area contributed by atoms with E-state index in [0.29, 0.717) is 12.9 Å². The molecule has 0 bridgehead atoms. The molecule has 0 aromatic heterocycles. The Kier molecular flexibility index (Phi) is 6.16. The van der Waals surface area contributed by atoms with Crippen LogP contribution in [0, 0.1) is 10.7 Å². The van der Waals surface area contributed by atoms with E-state index in [-0.39, 0.29) is 18.1 Å². The maximum atomic E-state index is 11.3. The van der Waals surface area contributed by atoms with Gasteiger partial charge in [0.1, 0.15) is 17.3 Å². The molecule has 0 aliphatic carbocycles. The second-order valence-electron chi connectivity index (χ2n) is 2.86. The van der Waals surface area contributed by atoms with E-state index >= 15 is 0 Å². The molecule has 0 unspecified atom stereocenters. The molecule has 0 aliphatic heterocycles. The summed E-state index contributed by atoms with van der Waals surface area (Å²) in [5.41, 5.74) is 0. The second-order valence-corrected chi connectivity index (χ2v) is 7.62. The topological polar surface area (TPSA) is 83.8 Å². The molecule has 5 nitrogen and oxygen atoms in total. The number of ether oxygens (including phenoxy) is 1. The number of halogens is 3. The van der Waals surface area contributed by atoms with Crippen LogP contribution in [0.3, 0.4) is 0 Å². The van der Waals surface area contributed by atoms with Gasteiger partial charge < -0.3 is 9.84 Å². The Bertz CT molecular complexity index is 528. The molecule has 17 heavy (non-hydrogen) atoms. The molecule has 1 aromatic rings. The zero-order valence-electron chi connectivity index (χ0n) is 8.15. The van der Waals surface area contributed by atoms with Crippen molar-refractivity contribution < 1.29 is 22.8 Å². The van der Waals surface area contributed by atoms with Crippen molar-refractivity contribution in [3.8, 4) is 5.75 Å². The summed E-state index contributed by atoms with van der Waals surface area (Å²) in [5, 5.41) is 8.69. The highest BCUT2D eigenvalue weighted by Crippen LogP contribution is 2.35. The van der Waals surface area contributed by atoms with Crippen LogP contribution in [-0.2, 0) is 10.1 Å². The van der Waals surface area contributed by atoms with Crippen LogP contribution in [0.2, 0.25) is 0 Å². The number of hydrogen-bond donors (Lipinski definition) is 2. The molecule has 9 heteroatoms. The third-order valence-corrected chi connectivity index (χ3v) is 6.03. The average Bonchev–Trinajstić information content (AvgIpc) is 2.14. The molecule has 0 fully saturated rings. The summed E-state index contributed by atoms with van der Waals surface area (Å²) >= 11 is 5.64. The predicted octanol–water partition coefficient (Wildman–Crippen LogP) is 2.12. The molecule has 0 atom stereocenters. The van der Waals surface area contributed by atoms with Gasteiger partial charge in [0.15, 0.2) is 0 Å². The highest BCUT2D eigenvalue weighted by atomic mass is 127. The van der Waals surface area contributed by atoms with Gasteiger partial charge in [-0.05, 0) is 73.8 Å². The zero-order chi connectivity index (χ0) is 13.2. The number of hydrogen-bond acceptors (Lipinski definition) is 4. The van der Waals surface area contributed by atoms with Gasteiger partial charge in [-0.15, -0.1) is 0 Å². The third kappa shape index (κ3) is 4.02. The van der Waals surface area contributed by atoms with Crippen molar-refractivity contribution in [1.82, 2.24) is 0 Å². The van der Waals surface area contributed by atoms with Gasteiger partial charge in [-0.25, -0.2) is 0 Å². The second kappa shape index (κ2) is 6.49. The highest BCUT2D eigenvalue weighted by molar-refractivity contribution is 14.1. The summed E-state index contributed by atoms with van der Waals surface area (Å²) in [6, 6.07) is 1.60. The van der Waals surface area contributed by atoms with Crippen molar-refractivity contribution in [2.24, 2.45) is 0 Å². The van der Waals surface area contributed by atoms with E-state index in [0.717, 1.165) is 3.57 Å². The van der Waals surface area contributed by atoms with Gasteiger partial charge in [-0.3, -0.25) is 4.55 Å². The maximum Gasteiger partial charge on any atom is 0.296 e. The number of rotatable bonds is 4. The van der Waals surface area contributed by atoms with Crippen molar-refractivity contribution in [3.63, 3.8) is 0 Å². The van der Waals surface area contributed by atoms with Gasteiger partial charge in [0.05, 0.1) is 13.7 Å². The largest absolute Gasteiger partial charge is 0.489 e. The molecular formula is C8H7I3O5S. The molecule has 0 heterocycles. The minimum atomic E-state index is -4.29. The fourth-order valence-corrected chi connectivity index (χ4v) is 7.05. The molecular weight excluding hydrogens is 589 g/mol. The highest BCUT2D eigenvalue weighted by Gasteiger charge is 2.23. The Hall–Kier alpha value is 1.08. The van der Waals surface area contributed by atoms with Crippen molar-refractivity contribution in [1.29, 1.82) is 0 Å². The smallest absolute Gasteiger partial charge is 0.296 e. The molecule has 0 spiro atoms. The predicted molar refractivity (Wildman–Crippen MR) is 87.0 cm³/mol. The Balaban J connectivity index is 3.43. The van der Waals surface area contributed by atoms with Crippen LogP contribution < -0.4 is 4.74 Å². The first-order chi connectivity index (χ1) is 7.79. The number of aliphatic hydroxyl groups excluding tert-OH is 1. The first-order valence-corrected chi connectivity index (χ1v) is 8.85. The lowest BCUT2D eigenvalue weighted by Crippen LogP contribution is -2.10. The lowest BCUT2D eigenvalue weighted by Gasteiger charge is -2.13. The summed E-state index contributed by atoms with van der Waals surface area (Å²) in [6.45, 7) is -0.100. The SMILES string of the molecule is O=S(=O)(O)c1c(I)cc(I)c(OCCO)c1I. The van der Waals surface area contributed by atoms with E-state index in [1.165, 1.54) is 0 Å². The van der Waals surface area contributed by atoms with E-state index in [4.69, 9.17) is 14.4 Å².